The summed E-state index contributed by atoms with van der Waals surface area (Å²) in [6.07, 6.45) is 6.28. The van der Waals surface area contributed by atoms with Crippen LogP contribution < -0.4 is 5.32 Å². The summed E-state index contributed by atoms with van der Waals surface area (Å²) in [6.45, 7) is 8.24. The predicted molar refractivity (Wildman–Crippen MR) is 127 cm³/mol. The van der Waals surface area contributed by atoms with Crippen LogP contribution in [0.5, 0.6) is 0 Å². The fraction of sp³-hybridized carbons (Fsp3) is 0.458. The summed E-state index contributed by atoms with van der Waals surface area (Å²) in [6, 6.07) is 8.15. The van der Waals surface area contributed by atoms with Crippen molar-refractivity contribution in [2.75, 3.05) is 32.5 Å². The molecule has 0 unspecified atom stereocenters. The van der Waals surface area contributed by atoms with E-state index >= 15 is 0 Å². The predicted octanol–water partition coefficient (Wildman–Crippen LogP) is 4.94. The van der Waals surface area contributed by atoms with Gasteiger partial charge in [0.1, 0.15) is 10.9 Å². The van der Waals surface area contributed by atoms with Gasteiger partial charge in [-0.15, -0.1) is 0 Å². The quantitative estimate of drug-likeness (QED) is 0.560. The van der Waals surface area contributed by atoms with E-state index in [-0.39, 0.29) is 11.8 Å². The average molecular weight is 423 g/mol. The highest BCUT2D eigenvalue weighted by molar-refractivity contribution is 8.17. The number of thioether (sulfide) groups is 1. The Kier molecular flexibility index (Phi) is 5.98. The Balaban J connectivity index is 1.44. The molecule has 30 heavy (non-hydrogen) atoms. The van der Waals surface area contributed by atoms with Crippen LogP contribution in [0.3, 0.4) is 0 Å². The Hall–Kier alpha value is -2.18. The number of anilines is 1. The lowest BCUT2D eigenvalue weighted by atomic mass is 9.57. The first-order valence-electron chi connectivity index (χ1n) is 10.6. The third-order valence-electron chi connectivity index (χ3n) is 6.47. The van der Waals surface area contributed by atoms with Gasteiger partial charge in [-0.05, 0) is 80.6 Å². The third kappa shape index (κ3) is 4.44. The minimum atomic E-state index is 0.108. The van der Waals surface area contributed by atoms with Crippen LogP contribution in [0, 0.1) is 11.3 Å². The van der Waals surface area contributed by atoms with E-state index in [1.165, 1.54) is 12.8 Å². The zero-order valence-electron chi connectivity index (χ0n) is 18.1. The van der Waals surface area contributed by atoms with Crippen LogP contribution in [0.25, 0.3) is 10.8 Å². The van der Waals surface area contributed by atoms with E-state index in [2.05, 4.69) is 46.0 Å². The van der Waals surface area contributed by atoms with Crippen molar-refractivity contribution in [3.63, 3.8) is 0 Å². The van der Waals surface area contributed by atoms with E-state index in [0.29, 0.717) is 11.2 Å². The maximum atomic E-state index is 12.8. The van der Waals surface area contributed by atoms with Crippen LogP contribution in [0.4, 0.5) is 5.82 Å². The van der Waals surface area contributed by atoms with Gasteiger partial charge in [-0.1, -0.05) is 30.5 Å². The molecule has 1 saturated heterocycles. The lowest BCUT2D eigenvalue weighted by Gasteiger charge is -2.51. The number of hydrogen-bond acceptors (Lipinski definition) is 5. The summed E-state index contributed by atoms with van der Waals surface area (Å²) in [4.78, 5) is 25.0. The Morgan fingerprint density at radius 3 is 2.67 bits per heavy atom. The van der Waals surface area contributed by atoms with Crippen LogP contribution in [-0.4, -0.2) is 48.0 Å². The maximum Gasteiger partial charge on any atom is 0.228 e. The second-order valence-electron chi connectivity index (χ2n) is 8.86. The van der Waals surface area contributed by atoms with Crippen LogP contribution in [0.2, 0.25) is 0 Å². The van der Waals surface area contributed by atoms with Crippen LogP contribution in [0.1, 0.15) is 38.2 Å². The first kappa shape index (κ1) is 21.1. The van der Waals surface area contributed by atoms with Crippen molar-refractivity contribution in [2.24, 2.45) is 16.3 Å². The Bertz CT molecular complexity index is 999. The zero-order valence-corrected chi connectivity index (χ0v) is 18.9. The number of carbonyl (C=O) groups excluding carboxylic acids is 1. The first-order chi connectivity index (χ1) is 14.4. The van der Waals surface area contributed by atoms with E-state index in [1.807, 2.05) is 25.3 Å². The number of hydrogen-bond donors (Lipinski definition) is 1. The van der Waals surface area contributed by atoms with Gasteiger partial charge < -0.3 is 10.2 Å². The highest BCUT2D eigenvalue weighted by Gasteiger charge is 2.48. The number of amides is 1. The number of carbonyl (C=O) groups is 1. The molecule has 5 nitrogen and oxygen atoms in total. The monoisotopic (exact) mass is 422 g/mol. The Morgan fingerprint density at radius 2 is 2.00 bits per heavy atom. The number of fused-ring (bicyclic) bond motifs is 1. The number of aromatic nitrogens is 1. The minimum Gasteiger partial charge on any atom is -0.310 e. The second kappa shape index (κ2) is 8.52. The second-order valence-corrected chi connectivity index (χ2v) is 10.1. The first-order valence-corrected chi connectivity index (χ1v) is 11.4. The number of likely N-dealkylation sites (tertiary alicyclic amines) is 1. The topological polar surface area (TPSA) is 57.6 Å². The number of benzene rings is 1. The molecule has 1 aliphatic heterocycles. The number of nitrogens with zero attached hydrogens (tertiary/aromatic N) is 3. The summed E-state index contributed by atoms with van der Waals surface area (Å²) in [5.41, 5.74) is 1.45. The fourth-order valence-corrected chi connectivity index (χ4v) is 5.31. The normalized spacial score (nSPS) is 19.6. The van der Waals surface area contributed by atoms with E-state index < -0.39 is 0 Å². The summed E-state index contributed by atoms with van der Waals surface area (Å²) in [7, 11) is 3.97. The molecule has 0 radical (unpaired) electrons. The SMILES string of the molecule is C=C(C)S/C(=N\C)c1ccc2cnc(NC(=O)C3CC4(CCN(C)CC4)C3)cc2c1. The highest BCUT2D eigenvalue weighted by atomic mass is 32.2. The van der Waals surface area contributed by atoms with Gasteiger partial charge in [0.25, 0.3) is 0 Å². The van der Waals surface area contributed by atoms with Gasteiger partial charge in [0.05, 0.1) is 0 Å². The van der Waals surface area contributed by atoms with Gasteiger partial charge in [-0.2, -0.15) is 0 Å². The molecular weight excluding hydrogens is 392 g/mol. The van der Waals surface area contributed by atoms with Gasteiger partial charge in [0.2, 0.25) is 5.91 Å². The molecule has 4 rings (SSSR count). The smallest absolute Gasteiger partial charge is 0.228 e. The molecule has 1 N–H and O–H groups in total. The van der Waals surface area contributed by atoms with E-state index in [4.69, 9.17) is 0 Å². The molecule has 158 valence electrons. The number of rotatable bonds is 4. The van der Waals surface area contributed by atoms with E-state index in [9.17, 15) is 4.79 Å². The largest absolute Gasteiger partial charge is 0.310 e. The molecule has 2 heterocycles. The summed E-state index contributed by atoms with van der Waals surface area (Å²) in [5, 5.41) is 6.07. The van der Waals surface area contributed by atoms with Crippen LogP contribution >= 0.6 is 11.8 Å². The molecule has 1 aliphatic carbocycles. The molecule has 2 aromatic rings. The van der Waals surface area contributed by atoms with Crippen molar-refractivity contribution in [3.8, 4) is 0 Å². The number of aliphatic imine (C=N–C) groups is 1. The minimum absolute atomic E-state index is 0.108. The van der Waals surface area contributed by atoms with Gasteiger partial charge in [0, 0.05) is 30.1 Å². The number of allylic oxidation sites excluding steroid dienone is 1. The van der Waals surface area contributed by atoms with Crippen molar-refractivity contribution in [3.05, 3.63) is 47.5 Å². The maximum absolute atomic E-state index is 12.8. The average Bonchev–Trinajstić information content (AvgIpc) is 2.70. The summed E-state index contributed by atoms with van der Waals surface area (Å²) < 4.78 is 0. The molecule has 1 spiro atoms. The van der Waals surface area contributed by atoms with Crippen molar-refractivity contribution < 1.29 is 4.79 Å². The molecular formula is C24H30N4OS. The van der Waals surface area contributed by atoms with Crippen LogP contribution in [0.15, 0.2) is 46.9 Å². The Labute approximate surface area is 183 Å². The number of pyridine rings is 1. The van der Waals surface area contributed by atoms with Crippen molar-refractivity contribution in [2.45, 2.75) is 32.6 Å². The molecule has 1 aromatic heterocycles. The lowest BCUT2D eigenvalue weighted by molar-refractivity contribution is -0.129. The molecule has 6 heteroatoms. The summed E-state index contributed by atoms with van der Waals surface area (Å²) in [5.74, 6) is 0.843. The molecule has 0 atom stereocenters. The van der Waals surface area contributed by atoms with Gasteiger partial charge in [0.15, 0.2) is 0 Å². The van der Waals surface area contributed by atoms with Crippen molar-refractivity contribution in [1.82, 2.24) is 9.88 Å². The molecule has 0 bridgehead atoms. The zero-order chi connectivity index (χ0) is 21.3. The summed E-state index contributed by atoms with van der Waals surface area (Å²) >= 11 is 1.57. The van der Waals surface area contributed by atoms with Gasteiger partial charge in [-0.25, -0.2) is 4.98 Å². The highest BCUT2D eigenvalue weighted by Crippen LogP contribution is 2.52. The standard InChI is InChI=1S/C24H30N4OS/c1-16(2)30-23(25-3)17-5-6-18-15-26-21(12-19(18)11-17)27-22(29)20-13-24(14-20)7-9-28(4)10-8-24/h5-6,11-12,15,20H,1,7-10,13-14H2,2-4H3,(H,26,27,29)/b25-23-. The van der Waals surface area contributed by atoms with Gasteiger partial charge >= 0.3 is 0 Å². The third-order valence-corrected chi connectivity index (χ3v) is 7.43. The van der Waals surface area contributed by atoms with Crippen molar-refractivity contribution >= 4 is 39.3 Å². The number of piperidine rings is 1. The number of nitrogens with one attached hydrogen (secondary N) is 1. The van der Waals surface area contributed by atoms with E-state index in [1.54, 1.807) is 18.8 Å². The molecule has 1 aromatic carbocycles. The molecule has 1 saturated carbocycles. The molecule has 1 amide bonds. The van der Waals surface area contributed by atoms with Gasteiger partial charge in [-0.3, -0.25) is 9.79 Å². The Morgan fingerprint density at radius 1 is 1.27 bits per heavy atom. The van der Waals surface area contributed by atoms with Crippen LogP contribution in [-0.2, 0) is 4.79 Å². The lowest BCUT2D eigenvalue weighted by Crippen LogP contribution is -2.49. The molecule has 2 fully saturated rings. The molecule has 2 aliphatic rings. The van der Waals surface area contributed by atoms with E-state index in [0.717, 1.165) is 52.2 Å². The van der Waals surface area contributed by atoms with Crippen molar-refractivity contribution in [1.29, 1.82) is 0 Å². The fourth-order valence-electron chi connectivity index (χ4n) is 4.64.